The summed E-state index contributed by atoms with van der Waals surface area (Å²) < 4.78 is 11.2. The zero-order valence-corrected chi connectivity index (χ0v) is 12.9. The number of aliphatic hydroxyl groups is 1. The van der Waals surface area contributed by atoms with Gasteiger partial charge in [0.1, 0.15) is 17.4 Å². The van der Waals surface area contributed by atoms with Crippen molar-refractivity contribution < 1.29 is 19.4 Å². The summed E-state index contributed by atoms with van der Waals surface area (Å²) in [6.07, 6.45) is 1.88. The molecule has 1 aliphatic carbocycles. The number of Topliss-reactive ketones (excluding diaryl/α,β-unsaturated/α-hetero) is 1. The van der Waals surface area contributed by atoms with Crippen molar-refractivity contribution in [2.24, 2.45) is 17.6 Å². The summed E-state index contributed by atoms with van der Waals surface area (Å²) in [5.41, 5.74) is 4.07. The van der Waals surface area contributed by atoms with Gasteiger partial charge < -0.3 is 20.3 Å². The van der Waals surface area contributed by atoms with Crippen LogP contribution in [0.1, 0.15) is 46.5 Å². The number of carbonyl (C=O) groups excluding carboxylic acids is 1. The highest BCUT2D eigenvalue weighted by Gasteiger charge is 2.66. The van der Waals surface area contributed by atoms with E-state index in [0.29, 0.717) is 5.92 Å². The maximum atomic E-state index is 12.0. The van der Waals surface area contributed by atoms with Gasteiger partial charge in [0.15, 0.2) is 5.78 Å². The SMILES string of the molecule is COC1C(=O)CCC(N)(O)C1C1(C)OC1CCC(C)C. The van der Waals surface area contributed by atoms with Gasteiger partial charge in [0.2, 0.25) is 0 Å². The number of ketones is 1. The molecule has 0 radical (unpaired) electrons. The lowest BCUT2D eigenvalue weighted by Crippen LogP contribution is -2.62. The van der Waals surface area contributed by atoms with Crippen LogP contribution in [0.5, 0.6) is 0 Å². The fraction of sp³-hybridized carbons (Fsp3) is 0.933. The highest BCUT2D eigenvalue weighted by Crippen LogP contribution is 2.52. The Morgan fingerprint density at radius 1 is 1.55 bits per heavy atom. The van der Waals surface area contributed by atoms with Crippen LogP contribution in [0.15, 0.2) is 0 Å². The predicted molar refractivity (Wildman–Crippen MR) is 75.0 cm³/mol. The van der Waals surface area contributed by atoms with E-state index >= 15 is 0 Å². The first-order valence-electron chi connectivity index (χ1n) is 7.47. The molecule has 5 atom stereocenters. The van der Waals surface area contributed by atoms with Crippen molar-refractivity contribution in [3.63, 3.8) is 0 Å². The number of ether oxygens (including phenoxy) is 2. The zero-order valence-electron chi connectivity index (χ0n) is 12.9. The molecule has 1 heterocycles. The minimum absolute atomic E-state index is 0.00644. The molecule has 3 N–H and O–H groups in total. The van der Waals surface area contributed by atoms with Crippen LogP contribution >= 0.6 is 0 Å². The standard InChI is InChI=1S/C15H27NO4/c1-9(2)5-6-11-14(3,20-11)13-12(19-4)10(17)7-8-15(13,16)18/h9,11-13,18H,5-8,16H2,1-4H3. The average molecular weight is 285 g/mol. The molecule has 5 nitrogen and oxygen atoms in total. The van der Waals surface area contributed by atoms with Crippen molar-refractivity contribution in [2.75, 3.05) is 7.11 Å². The third kappa shape index (κ3) is 2.77. The summed E-state index contributed by atoms with van der Waals surface area (Å²) in [5.74, 6) is 0.108. The molecule has 20 heavy (non-hydrogen) atoms. The van der Waals surface area contributed by atoms with Crippen LogP contribution in [0, 0.1) is 11.8 Å². The molecule has 1 saturated carbocycles. The largest absolute Gasteiger partial charge is 0.376 e. The topological polar surface area (TPSA) is 85.1 Å². The number of nitrogens with two attached hydrogens (primary N) is 1. The molecule has 2 rings (SSSR count). The van der Waals surface area contributed by atoms with Gasteiger partial charge in [0.05, 0.1) is 12.0 Å². The Kier molecular flexibility index (Phi) is 4.27. The van der Waals surface area contributed by atoms with Crippen molar-refractivity contribution in [1.29, 1.82) is 0 Å². The summed E-state index contributed by atoms with van der Waals surface area (Å²) in [5, 5.41) is 10.5. The molecule has 2 fully saturated rings. The monoisotopic (exact) mass is 285 g/mol. The Hall–Kier alpha value is -0.490. The first kappa shape index (κ1) is 15.9. The lowest BCUT2D eigenvalue weighted by molar-refractivity contribution is -0.163. The van der Waals surface area contributed by atoms with Gasteiger partial charge in [-0.3, -0.25) is 4.79 Å². The fourth-order valence-electron chi connectivity index (χ4n) is 3.51. The van der Waals surface area contributed by atoms with E-state index < -0.39 is 23.3 Å². The predicted octanol–water partition coefficient (Wildman–Crippen LogP) is 1.22. The minimum Gasteiger partial charge on any atom is -0.376 e. The van der Waals surface area contributed by atoms with Gasteiger partial charge in [-0.25, -0.2) is 0 Å². The van der Waals surface area contributed by atoms with Crippen LogP contribution in [0.2, 0.25) is 0 Å². The van der Waals surface area contributed by atoms with Gasteiger partial charge in [-0.05, 0) is 32.1 Å². The Morgan fingerprint density at radius 3 is 2.75 bits per heavy atom. The molecule has 0 spiro atoms. The van der Waals surface area contributed by atoms with Crippen LogP contribution < -0.4 is 5.73 Å². The van der Waals surface area contributed by atoms with Gasteiger partial charge in [0, 0.05) is 13.5 Å². The molecule has 0 aromatic rings. The number of hydrogen-bond acceptors (Lipinski definition) is 5. The summed E-state index contributed by atoms with van der Waals surface area (Å²) in [4.78, 5) is 12.0. The maximum Gasteiger partial charge on any atom is 0.162 e. The normalized spacial score (nSPS) is 45.0. The van der Waals surface area contributed by atoms with Gasteiger partial charge in [-0.1, -0.05) is 13.8 Å². The van der Waals surface area contributed by atoms with Crippen LogP contribution in [-0.2, 0) is 14.3 Å². The van der Waals surface area contributed by atoms with Crippen LogP contribution in [0.25, 0.3) is 0 Å². The first-order valence-corrected chi connectivity index (χ1v) is 7.47. The van der Waals surface area contributed by atoms with Gasteiger partial charge >= 0.3 is 0 Å². The number of methoxy groups -OCH3 is 1. The van der Waals surface area contributed by atoms with Gasteiger partial charge in [-0.2, -0.15) is 0 Å². The van der Waals surface area contributed by atoms with Crippen LogP contribution in [-0.4, -0.2) is 41.5 Å². The van der Waals surface area contributed by atoms with Crippen molar-refractivity contribution in [3.05, 3.63) is 0 Å². The third-order valence-electron chi connectivity index (χ3n) is 4.79. The summed E-state index contributed by atoms with van der Waals surface area (Å²) >= 11 is 0. The summed E-state index contributed by atoms with van der Waals surface area (Å²) in [7, 11) is 1.49. The summed E-state index contributed by atoms with van der Waals surface area (Å²) in [6, 6.07) is 0. The van der Waals surface area contributed by atoms with E-state index in [4.69, 9.17) is 15.2 Å². The fourth-order valence-corrected chi connectivity index (χ4v) is 3.51. The minimum atomic E-state index is -1.41. The number of epoxide rings is 1. The van der Waals surface area contributed by atoms with Gasteiger partial charge in [-0.15, -0.1) is 0 Å². The van der Waals surface area contributed by atoms with Crippen molar-refractivity contribution in [3.8, 4) is 0 Å². The molecule has 2 aliphatic rings. The Balaban J connectivity index is 2.13. The Bertz CT molecular complexity index is 382. The summed E-state index contributed by atoms with van der Waals surface area (Å²) in [6.45, 7) is 6.27. The third-order valence-corrected chi connectivity index (χ3v) is 4.79. The first-order chi connectivity index (χ1) is 9.22. The number of rotatable bonds is 5. The van der Waals surface area contributed by atoms with E-state index in [9.17, 15) is 9.90 Å². The van der Waals surface area contributed by atoms with E-state index in [1.807, 2.05) is 6.92 Å². The molecular formula is C15H27NO4. The number of carbonyl (C=O) groups is 1. The molecule has 5 heteroatoms. The Labute approximate surface area is 120 Å². The average Bonchev–Trinajstić information content (AvgIpc) is 3.01. The molecule has 1 aliphatic heterocycles. The molecule has 0 aromatic heterocycles. The Morgan fingerprint density at radius 2 is 2.20 bits per heavy atom. The molecule has 0 bridgehead atoms. The second-order valence-electron chi connectivity index (χ2n) is 6.85. The maximum absolute atomic E-state index is 12.0. The zero-order chi connectivity index (χ0) is 15.1. The van der Waals surface area contributed by atoms with E-state index in [0.717, 1.165) is 12.8 Å². The van der Waals surface area contributed by atoms with Crippen molar-refractivity contribution in [2.45, 2.75) is 70.0 Å². The molecule has 0 aromatic carbocycles. The van der Waals surface area contributed by atoms with Crippen molar-refractivity contribution >= 4 is 5.78 Å². The molecule has 5 unspecified atom stereocenters. The molecular weight excluding hydrogens is 258 g/mol. The van der Waals surface area contributed by atoms with E-state index in [2.05, 4.69) is 13.8 Å². The second kappa shape index (κ2) is 5.37. The lowest BCUT2D eigenvalue weighted by atomic mass is 9.70. The van der Waals surface area contributed by atoms with Gasteiger partial charge in [0.25, 0.3) is 0 Å². The van der Waals surface area contributed by atoms with E-state index in [1.165, 1.54) is 7.11 Å². The molecule has 1 saturated heterocycles. The molecule has 0 amide bonds. The van der Waals surface area contributed by atoms with E-state index in [1.54, 1.807) is 0 Å². The highest BCUT2D eigenvalue weighted by atomic mass is 16.6. The lowest BCUT2D eigenvalue weighted by Gasteiger charge is -2.43. The van der Waals surface area contributed by atoms with E-state index in [-0.39, 0.29) is 24.7 Å². The highest BCUT2D eigenvalue weighted by molar-refractivity contribution is 5.85. The number of hydrogen-bond donors (Lipinski definition) is 2. The molecule has 116 valence electrons. The smallest absolute Gasteiger partial charge is 0.162 e. The second-order valence-corrected chi connectivity index (χ2v) is 6.85. The van der Waals surface area contributed by atoms with Crippen LogP contribution in [0.4, 0.5) is 0 Å². The quantitative estimate of drug-likeness (QED) is 0.586. The van der Waals surface area contributed by atoms with Crippen molar-refractivity contribution in [1.82, 2.24) is 0 Å². The van der Waals surface area contributed by atoms with Crippen LogP contribution in [0.3, 0.4) is 0 Å².